The molecule has 0 unspecified atom stereocenters. The molecule has 190 valence electrons. The first-order chi connectivity index (χ1) is 20.3. The van der Waals surface area contributed by atoms with Gasteiger partial charge in [-0.25, -0.2) is 0 Å². The molecule has 41 heavy (non-hydrogen) atoms. The Hall–Kier alpha value is -5.22. The minimum absolute atomic E-state index is 0.0840. The molecule has 6 aromatic carbocycles. The Labute approximate surface area is 237 Å². The first kappa shape index (κ1) is 21.6. The monoisotopic (exact) mass is 522 g/mol. The van der Waals surface area contributed by atoms with E-state index in [-0.39, 0.29) is 6.71 Å². The maximum atomic E-state index is 6.67. The summed E-state index contributed by atoms with van der Waals surface area (Å²) in [6.45, 7) is 0.0840. The smallest absolute Gasteiger partial charge is 0.256 e. The number of fused-ring (bicyclic) bond motifs is 9. The first-order valence-electron chi connectivity index (χ1n) is 14.3. The van der Waals surface area contributed by atoms with Gasteiger partial charge >= 0.3 is 0 Å². The molecular weight excluding hydrogens is 499 g/mol. The van der Waals surface area contributed by atoms with E-state index in [0.717, 1.165) is 23.6 Å². The zero-order chi connectivity index (χ0) is 26.7. The molecule has 4 heteroatoms. The molecule has 7 aromatic rings. The van der Waals surface area contributed by atoms with Crippen molar-refractivity contribution in [3.05, 3.63) is 139 Å². The Bertz CT molecular complexity index is 2200. The van der Waals surface area contributed by atoms with Gasteiger partial charge in [-0.15, -0.1) is 0 Å². The normalized spacial score (nSPS) is 13.9. The van der Waals surface area contributed by atoms with Crippen molar-refractivity contribution in [2.75, 3.05) is 4.90 Å². The van der Waals surface area contributed by atoms with Crippen molar-refractivity contribution in [2.24, 2.45) is 0 Å². The Morgan fingerprint density at radius 1 is 0.561 bits per heavy atom. The van der Waals surface area contributed by atoms with Gasteiger partial charge in [0, 0.05) is 45.5 Å². The van der Waals surface area contributed by atoms with Crippen LogP contribution in [0.4, 0.5) is 17.1 Å². The molecule has 1 aromatic heterocycles. The van der Waals surface area contributed by atoms with Gasteiger partial charge in [0.15, 0.2) is 0 Å². The van der Waals surface area contributed by atoms with Gasteiger partial charge in [0.25, 0.3) is 6.71 Å². The molecule has 0 amide bonds. The Morgan fingerprint density at radius 3 is 2.12 bits per heavy atom. The average molecular weight is 522 g/mol. The summed E-state index contributed by atoms with van der Waals surface area (Å²) >= 11 is 0. The molecule has 0 radical (unpaired) electrons. The van der Waals surface area contributed by atoms with Gasteiger partial charge in [0.2, 0.25) is 0 Å². The van der Waals surface area contributed by atoms with Gasteiger partial charge in [-0.2, -0.15) is 0 Å². The van der Waals surface area contributed by atoms with Crippen LogP contribution in [0.15, 0.2) is 127 Å². The second-order valence-corrected chi connectivity index (χ2v) is 11.3. The Balaban J connectivity index is 1.26. The topological polar surface area (TPSA) is 17.4 Å². The number of rotatable bonds is 1. The predicted molar refractivity (Wildman–Crippen MR) is 169 cm³/mol. The summed E-state index contributed by atoms with van der Waals surface area (Å²) in [7, 11) is 0. The van der Waals surface area contributed by atoms with E-state index in [4.69, 9.17) is 4.74 Å². The highest BCUT2D eigenvalue weighted by Gasteiger charge is 2.40. The van der Waals surface area contributed by atoms with Crippen LogP contribution >= 0.6 is 0 Å². The van der Waals surface area contributed by atoms with Crippen molar-refractivity contribution in [1.82, 2.24) is 4.57 Å². The molecule has 0 fully saturated rings. The van der Waals surface area contributed by atoms with Gasteiger partial charge in [0.05, 0.1) is 5.52 Å². The third-order valence-corrected chi connectivity index (χ3v) is 9.24. The molecule has 0 bridgehead atoms. The number of benzene rings is 6. The summed E-state index contributed by atoms with van der Waals surface area (Å²) in [4.78, 5) is 2.43. The Kier molecular flexibility index (Phi) is 4.06. The van der Waals surface area contributed by atoms with Crippen molar-refractivity contribution in [2.45, 2.75) is 6.42 Å². The van der Waals surface area contributed by atoms with Crippen molar-refractivity contribution in [3.63, 3.8) is 0 Å². The summed E-state index contributed by atoms with van der Waals surface area (Å²) in [5, 5.41) is 2.59. The number of hydrogen-bond donors (Lipinski definition) is 0. The van der Waals surface area contributed by atoms with E-state index in [1.54, 1.807) is 0 Å². The molecule has 0 saturated carbocycles. The molecule has 10 rings (SSSR count). The lowest BCUT2D eigenvalue weighted by molar-refractivity contribution is 0.487. The molecule has 3 nitrogen and oxygen atoms in total. The van der Waals surface area contributed by atoms with E-state index in [1.807, 2.05) is 0 Å². The molecule has 0 atom stereocenters. The van der Waals surface area contributed by atoms with Crippen LogP contribution in [0.2, 0.25) is 0 Å². The standard InChI is InChI=1S/C37H23BN2O/c1-4-14-30-23(9-1)21-24-10-2-5-15-31(24)39(30)25-19-20-34-29(22-25)38-28-13-7-12-27-26-11-3-6-16-32(26)40(37(27)28)33-17-8-18-35(41-34)36(33)38/h1-20,22H,21H2. The van der Waals surface area contributed by atoms with E-state index in [9.17, 15) is 0 Å². The van der Waals surface area contributed by atoms with E-state index >= 15 is 0 Å². The number of para-hydroxylation sites is 4. The fourth-order valence-electron chi connectivity index (χ4n) is 7.60. The SMILES string of the molecule is c1ccc2c(c1)Cc1ccccc1N2c1ccc2c(c1)B1c3c(cccc3-n3c4ccccc4c4cccc1c43)O2. The van der Waals surface area contributed by atoms with E-state index in [2.05, 4.69) is 137 Å². The highest BCUT2D eigenvalue weighted by molar-refractivity contribution is 6.99. The number of ether oxygens (including phenoxy) is 1. The van der Waals surface area contributed by atoms with Crippen LogP contribution in [-0.4, -0.2) is 11.3 Å². The summed E-state index contributed by atoms with van der Waals surface area (Å²) in [6, 6.07) is 46.4. The van der Waals surface area contributed by atoms with Gasteiger partial charge in [-0.05, 0) is 76.0 Å². The van der Waals surface area contributed by atoms with Crippen LogP contribution in [0.25, 0.3) is 27.5 Å². The molecule has 0 spiro atoms. The maximum absolute atomic E-state index is 6.67. The van der Waals surface area contributed by atoms with Crippen LogP contribution in [0.3, 0.4) is 0 Å². The van der Waals surface area contributed by atoms with Crippen LogP contribution in [-0.2, 0) is 6.42 Å². The molecule has 3 aliphatic heterocycles. The van der Waals surface area contributed by atoms with Crippen molar-refractivity contribution in [1.29, 1.82) is 0 Å². The number of anilines is 3. The molecular formula is C37H23BN2O. The first-order valence-corrected chi connectivity index (χ1v) is 14.3. The molecule has 0 saturated heterocycles. The van der Waals surface area contributed by atoms with Crippen molar-refractivity contribution in [3.8, 4) is 17.2 Å². The van der Waals surface area contributed by atoms with Crippen LogP contribution in [0, 0.1) is 0 Å². The molecule has 3 aliphatic rings. The number of nitrogens with zero attached hydrogens (tertiary/aromatic N) is 2. The highest BCUT2D eigenvalue weighted by Crippen LogP contribution is 2.44. The van der Waals surface area contributed by atoms with Gasteiger partial charge in [-0.1, -0.05) is 78.9 Å². The Morgan fingerprint density at radius 2 is 1.27 bits per heavy atom. The van der Waals surface area contributed by atoms with Gasteiger partial charge in [0.1, 0.15) is 11.5 Å². The highest BCUT2D eigenvalue weighted by atomic mass is 16.5. The van der Waals surface area contributed by atoms with Crippen molar-refractivity contribution >= 4 is 62.0 Å². The number of hydrogen-bond acceptors (Lipinski definition) is 2. The lowest BCUT2D eigenvalue weighted by atomic mass is 9.34. The predicted octanol–water partition coefficient (Wildman–Crippen LogP) is 7.09. The lowest BCUT2D eigenvalue weighted by Crippen LogP contribution is -2.58. The van der Waals surface area contributed by atoms with Crippen LogP contribution in [0.1, 0.15) is 11.1 Å². The van der Waals surface area contributed by atoms with Crippen LogP contribution in [0.5, 0.6) is 11.5 Å². The largest absolute Gasteiger partial charge is 0.458 e. The molecule has 0 N–H and O–H groups in total. The second kappa shape index (κ2) is 7.70. The fourth-order valence-corrected chi connectivity index (χ4v) is 7.60. The molecule has 4 heterocycles. The fraction of sp³-hybridized carbons (Fsp3) is 0.0270. The third-order valence-electron chi connectivity index (χ3n) is 9.24. The van der Waals surface area contributed by atoms with E-state index < -0.39 is 0 Å². The minimum Gasteiger partial charge on any atom is -0.458 e. The minimum atomic E-state index is 0.0840. The summed E-state index contributed by atoms with van der Waals surface area (Å²) in [6.07, 6.45) is 0.947. The van der Waals surface area contributed by atoms with Gasteiger partial charge in [-0.3, -0.25) is 0 Å². The van der Waals surface area contributed by atoms with Gasteiger partial charge < -0.3 is 14.2 Å². The summed E-state index contributed by atoms with van der Waals surface area (Å²) < 4.78 is 9.12. The second-order valence-electron chi connectivity index (χ2n) is 11.3. The summed E-state index contributed by atoms with van der Waals surface area (Å²) in [5.41, 5.74) is 13.9. The quantitative estimate of drug-likeness (QED) is 0.214. The average Bonchev–Trinajstić information content (AvgIpc) is 3.37. The van der Waals surface area contributed by atoms with Crippen molar-refractivity contribution < 1.29 is 4.74 Å². The maximum Gasteiger partial charge on any atom is 0.256 e. The van der Waals surface area contributed by atoms with Crippen LogP contribution < -0.4 is 26.0 Å². The molecule has 0 aliphatic carbocycles. The zero-order valence-corrected chi connectivity index (χ0v) is 22.2. The van der Waals surface area contributed by atoms with E-state index in [1.165, 1.54) is 66.4 Å². The number of aromatic nitrogens is 1. The van der Waals surface area contributed by atoms with E-state index in [0.29, 0.717) is 0 Å². The zero-order valence-electron chi connectivity index (χ0n) is 22.2. The lowest BCUT2D eigenvalue weighted by Gasteiger charge is -2.36. The summed E-state index contributed by atoms with van der Waals surface area (Å²) in [5.74, 6) is 1.88. The third kappa shape index (κ3) is 2.74.